The van der Waals surface area contributed by atoms with Crippen molar-refractivity contribution in [2.75, 3.05) is 60.5 Å². The lowest BCUT2D eigenvalue weighted by atomic mass is 10.1. The van der Waals surface area contributed by atoms with Crippen LogP contribution in [0.4, 0.5) is 0 Å². The van der Waals surface area contributed by atoms with E-state index in [2.05, 4.69) is 21.7 Å². The molecule has 0 saturated carbocycles. The van der Waals surface area contributed by atoms with Crippen molar-refractivity contribution < 1.29 is 9.47 Å². The van der Waals surface area contributed by atoms with Crippen LogP contribution >= 0.6 is 11.6 Å². The molecule has 2 aliphatic heterocycles. The molecule has 1 aromatic rings. The van der Waals surface area contributed by atoms with Crippen LogP contribution < -0.4 is 9.47 Å². The van der Waals surface area contributed by atoms with Crippen molar-refractivity contribution in [3.63, 3.8) is 0 Å². The van der Waals surface area contributed by atoms with E-state index in [1.165, 1.54) is 13.1 Å². The maximum atomic E-state index is 6.24. The van der Waals surface area contributed by atoms with Gasteiger partial charge in [-0.1, -0.05) is 11.6 Å². The van der Waals surface area contributed by atoms with E-state index in [1.807, 2.05) is 6.07 Å². The molecule has 5 nitrogen and oxygen atoms in total. The molecule has 0 bridgehead atoms. The Balaban J connectivity index is 1.73. The summed E-state index contributed by atoms with van der Waals surface area (Å²) in [5.74, 6) is 1.49. The Morgan fingerprint density at radius 2 is 1.87 bits per heavy atom. The van der Waals surface area contributed by atoms with Crippen LogP contribution in [0.2, 0.25) is 5.02 Å². The van der Waals surface area contributed by atoms with Crippen molar-refractivity contribution in [2.45, 2.75) is 12.6 Å². The lowest BCUT2D eigenvalue weighted by Crippen LogP contribution is -2.61. The van der Waals surface area contributed by atoms with Gasteiger partial charge in [-0.15, -0.1) is 0 Å². The minimum Gasteiger partial charge on any atom is -0.493 e. The maximum absolute atomic E-state index is 6.24. The molecule has 0 radical (unpaired) electrons. The second-order valence-corrected chi connectivity index (χ2v) is 6.92. The van der Waals surface area contributed by atoms with Gasteiger partial charge in [0.2, 0.25) is 0 Å². The van der Waals surface area contributed by atoms with Gasteiger partial charge in [-0.2, -0.15) is 0 Å². The third-order valence-corrected chi connectivity index (χ3v) is 5.11. The molecule has 3 rings (SSSR count). The molecule has 1 aromatic carbocycles. The highest BCUT2D eigenvalue weighted by Gasteiger charge is 2.31. The average molecular weight is 340 g/mol. The molecule has 2 fully saturated rings. The summed E-state index contributed by atoms with van der Waals surface area (Å²) in [6.07, 6.45) is 0. The predicted molar refractivity (Wildman–Crippen MR) is 92.7 cm³/mol. The van der Waals surface area contributed by atoms with Crippen molar-refractivity contribution >= 4 is 11.6 Å². The van der Waals surface area contributed by atoms with E-state index in [-0.39, 0.29) is 0 Å². The molecule has 0 aromatic heterocycles. The molecular weight excluding hydrogens is 314 g/mol. The van der Waals surface area contributed by atoms with E-state index in [0.29, 0.717) is 16.8 Å². The Hall–Kier alpha value is -1.01. The highest BCUT2D eigenvalue weighted by atomic mass is 35.5. The Labute approximate surface area is 143 Å². The SMILES string of the molecule is COc1cc(Cl)cc(CN2CCN3CCN(C)C[C@H]3C2)c1OC. The zero-order valence-electron chi connectivity index (χ0n) is 14.2. The van der Waals surface area contributed by atoms with Gasteiger partial charge in [0.05, 0.1) is 14.2 Å². The second-order valence-electron chi connectivity index (χ2n) is 6.49. The number of ether oxygens (including phenoxy) is 2. The monoisotopic (exact) mass is 339 g/mol. The second kappa shape index (κ2) is 7.26. The predicted octanol–water partition coefficient (Wildman–Crippen LogP) is 1.79. The van der Waals surface area contributed by atoms with Crippen LogP contribution in [0.15, 0.2) is 12.1 Å². The van der Waals surface area contributed by atoms with Crippen LogP contribution in [0.1, 0.15) is 5.56 Å². The zero-order valence-corrected chi connectivity index (χ0v) is 15.0. The third kappa shape index (κ3) is 3.74. The number of hydrogen-bond acceptors (Lipinski definition) is 5. The van der Waals surface area contributed by atoms with Gasteiger partial charge in [0.15, 0.2) is 11.5 Å². The molecule has 23 heavy (non-hydrogen) atoms. The molecule has 0 spiro atoms. The van der Waals surface area contributed by atoms with Crippen LogP contribution in [0.3, 0.4) is 0 Å². The number of fused-ring (bicyclic) bond motifs is 1. The Kier molecular flexibility index (Phi) is 5.31. The molecule has 2 aliphatic rings. The number of nitrogens with zero attached hydrogens (tertiary/aromatic N) is 3. The van der Waals surface area contributed by atoms with Gasteiger partial charge in [-0.25, -0.2) is 0 Å². The first-order valence-electron chi connectivity index (χ1n) is 8.16. The molecule has 0 unspecified atom stereocenters. The van der Waals surface area contributed by atoms with E-state index in [0.717, 1.165) is 44.0 Å². The molecule has 1 atom stereocenters. The molecule has 0 amide bonds. The summed E-state index contributed by atoms with van der Waals surface area (Å²) in [4.78, 5) is 7.54. The number of rotatable bonds is 4. The standard InChI is InChI=1S/C17H26ClN3O2/c1-19-4-6-21-7-5-20(12-15(21)11-19)10-13-8-14(18)9-16(22-2)17(13)23-3/h8-9,15H,4-7,10-12H2,1-3H3/t15-/m0/s1. The summed E-state index contributed by atoms with van der Waals surface area (Å²) >= 11 is 6.24. The fraction of sp³-hybridized carbons (Fsp3) is 0.647. The minimum absolute atomic E-state index is 0.620. The summed E-state index contributed by atoms with van der Waals surface area (Å²) in [5.41, 5.74) is 1.09. The van der Waals surface area contributed by atoms with Gasteiger partial charge in [0.1, 0.15) is 0 Å². The van der Waals surface area contributed by atoms with Gasteiger partial charge in [-0.05, 0) is 13.1 Å². The number of methoxy groups -OCH3 is 2. The molecule has 0 aliphatic carbocycles. The summed E-state index contributed by atoms with van der Waals surface area (Å²) in [7, 11) is 5.54. The summed E-state index contributed by atoms with van der Waals surface area (Å²) in [5, 5.41) is 0.689. The fourth-order valence-corrected chi connectivity index (χ4v) is 3.91. The summed E-state index contributed by atoms with van der Waals surface area (Å²) < 4.78 is 11.0. The average Bonchev–Trinajstić information content (AvgIpc) is 2.54. The van der Waals surface area contributed by atoms with Crippen molar-refractivity contribution in [1.82, 2.24) is 14.7 Å². The first kappa shape index (κ1) is 16.8. The highest BCUT2D eigenvalue weighted by molar-refractivity contribution is 6.30. The lowest BCUT2D eigenvalue weighted by Gasteiger charge is -2.46. The number of benzene rings is 1. The van der Waals surface area contributed by atoms with Crippen LogP contribution in [0.25, 0.3) is 0 Å². The van der Waals surface area contributed by atoms with Crippen molar-refractivity contribution in [2.24, 2.45) is 0 Å². The van der Waals surface area contributed by atoms with Gasteiger partial charge in [0, 0.05) is 68.5 Å². The maximum Gasteiger partial charge on any atom is 0.165 e. The summed E-state index contributed by atoms with van der Waals surface area (Å²) in [6, 6.07) is 4.41. The van der Waals surface area contributed by atoms with E-state index < -0.39 is 0 Å². The smallest absolute Gasteiger partial charge is 0.165 e. The largest absolute Gasteiger partial charge is 0.493 e. The van der Waals surface area contributed by atoms with E-state index in [9.17, 15) is 0 Å². The Bertz CT molecular complexity index is 555. The Morgan fingerprint density at radius 3 is 2.61 bits per heavy atom. The van der Waals surface area contributed by atoms with E-state index in [4.69, 9.17) is 21.1 Å². The van der Waals surface area contributed by atoms with Gasteiger partial charge >= 0.3 is 0 Å². The van der Waals surface area contributed by atoms with Gasteiger partial charge in [-0.3, -0.25) is 9.80 Å². The number of likely N-dealkylation sites (N-methyl/N-ethyl adjacent to an activating group) is 1. The number of hydrogen-bond donors (Lipinski definition) is 0. The highest BCUT2D eigenvalue weighted by Crippen LogP contribution is 2.35. The lowest BCUT2D eigenvalue weighted by molar-refractivity contribution is 0.0173. The number of halogens is 1. The molecule has 6 heteroatoms. The summed E-state index contributed by atoms with van der Waals surface area (Å²) in [6.45, 7) is 7.65. The van der Waals surface area contributed by atoms with Crippen molar-refractivity contribution in [3.8, 4) is 11.5 Å². The molecule has 2 heterocycles. The Morgan fingerprint density at radius 1 is 1.09 bits per heavy atom. The van der Waals surface area contributed by atoms with E-state index >= 15 is 0 Å². The topological polar surface area (TPSA) is 28.2 Å². The third-order valence-electron chi connectivity index (χ3n) is 4.89. The molecule has 0 N–H and O–H groups in total. The van der Waals surface area contributed by atoms with Gasteiger partial charge < -0.3 is 14.4 Å². The quantitative estimate of drug-likeness (QED) is 0.834. The van der Waals surface area contributed by atoms with Crippen molar-refractivity contribution in [3.05, 3.63) is 22.7 Å². The fourth-order valence-electron chi connectivity index (χ4n) is 3.68. The normalized spacial score (nSPS) is 23.6. The van der Waals surface area contributed by atoms with Crippen LogP contribution in [-0.4, -0.2) is 81.3 Å². The van der Waals surface area contributed by atoms with Crippen LogP contribution in [0, 0.1) is 0 Å². The van der Waals surface area contributed by atoms with Gasteiger partial charge in [0.25, 0.3) is 0 Å². The number of piperazine rings is 2. The van der Waals surface area contributed by atoms with Crippen molar-refractivity contribution in [1.29, 1.82) is 0 Å². The molecule has 128 valence electrons. The first-order chi connectivity index (χ1) is 11.1. The van der Waals surface area contributed by atoms with Crippen LogP contribution in [-0.2, 0) is 6.54 Å². The van der Waals surface area contributed by atoms with E-state index in [1.54, 1.807) is 20.3 Å². The minimum atomic E-state index is 0.620. The van der Waals surface area contributed by atoms with Crippen LogP contribution in [0.5, 0.6) is 11.5 Å². The zero-order chi connectivity index (χ0) is 16.4. The molecule has 2 saturated heterocycles. The molecular formula is C17H26ClN3O2. The first-order valence-corrected chi connectivity index (χ1v) is 8.54.